The van der Waals surface area contributed by atoms with Crippen LogP contribution in [-0.2, 0) is 11.3 Å². The minimum Gasteiger partial charge on any atom is -0.271 e. The Labute approximate surface area is 126 Å². The van der Waals surface area contributed by atoms with Crippen molar-refractivity contribution in [2.24, 2.45) is 5.10 Å². The van der Waals surface area contributed by atoms with Crippen LogP contribution in [0.4, 0.5) is 5.69 Å². The molecule has 1 aromatic carbocycles. The van der Waals surface area contributed by atoms with Gasteiger partial charge in [0.15, 0.2) is 0 Å². The SMILES string of the molecule is Cc1nn(CC(=O)N/N=C/c2ccccc2)c(C)c1[N+](=O)[O-]. The second-order valence-corrected chi connectivity index (χ2v) is 4.64. The molecule has 8 nitrogen and oxygen atoms in total. The van der Waals surface area contributed by atoms with Crippen molar-refractivity contribution in [3.63, 3.8) is 0 Å². The molecule has 0 saturated carbocycles. The maximum atomic E-state index is 11.8. The highest BCUT2D eigenvalue weighted by Gasteiger charge is 2.22. The molecule has 1 heterocycles. The third-order valence-electron chi connectivity index (χ3n) is 3.02. The van der Waals surface area contributed by atoms with Crippen molar-refractivity contribution in [2.75, 3.05) is 0 Å². The van der Waals surface area contributed by atoms with Gasteiger partial charge in [-0.2, -0.15) is 10.2 Å². The topological polar surface area (TPSA) is 102 Å². The summed E-state index contributed by atoms with van der Waals surface area (Å²) < 4.78 is 1.29. The van der Waals surface area contributed by atoms with Crippen molar-refractivity contribution < 1.29 is 9.72 Å². The first-order valence-electron chi connectivity index (χ1n) is 6.54. The van der Waals surface area contributed by atoms with Gasteiger partial charge in [-0.05, 0) is 19.4 Å². The summed E-state index contributed by atoms with van der Waals surface area (Å²) in [5.74, 6) is -0.410. The average Bonchev–Trinajstić information content (AvgIpc) is 2.74. The molecular weight excluding hydrogens is 286 g/mol. The van der Waals surface area contributed by atoms with Gasteiger partial charge in [0.2, 0.25) is 0 Å². The van der Waals surface area contributed by atoms with Gasteiger partial charge in [-0.15, -0.1) is 0 Å². The Hall–Kier alpha value is -3.03. The van der Waals surface area contributed by atoms with E-state index in [1.807, 2.05) is 30.3 Å². The maximum Gasteiger partial charge on any atom is 0.312 e. The summed E-state index contributed by atoms with van der Waals surface area (Å²) in [6, 6.07) is 9.29. The van der Waals surface area contributed by atoms with E-state index < -0.39 is 10.8 Å². The molecule has 22 heavy (non-hydrogen) atoms. The van der Waals surface area contributed by atoms with Gasteiger partial charge in [-0.3, -0.25) is 19.6 Å². The van der Waals surface area contributed by atoms with Crippen LogP contribution >= 0.6 is 0 Å². The Balaban J connectivity index is 2.00. The number of nitrogens with zero attached hydrogens (tertiary/aromatic N) is 4. The number of nitro groups is 1. The maximum absolute atomic E-state index is 11.8. The number of carbonyl (C=O) groups is 1. The summed E-state index contributed by atoms with van der Waals surface area (Å²) in [4.78, 5) is 22.2. The summed E-state index contributed by atoms with van der Waals surface area (Å²) in [6.45, 7) is 2.96. The average molecular weight is 301 g/mol. The van der Waals surface area contributed by atoms with Crippen LogP contribution in [0.25, 0.3) is 0 Å². The third-order valence-corrected chi connectivity index (χ3v) is 3.02. The molecule has 1 aromatic heterocycles. The lowest BCUT2D eigenvalue weighted by molar-refractivity contribution is -0.386. The largest absolute Gasteiger partial charge is 0.312 e. The molecule has 0 spiro atoms. The number of rotatable bonds is 5. The fourth-order valence-corrected chi connectivity index (χ4v) is 1.99. The first-order chi connectivity index (χ1) is 10.5. The molecule has 0 aliphatic carbocycles. The van der Waals surface area contributed by atoms with E-state index in [2.05, 4.69) is 15.6 Å². The number of hydrogen-bond acceptors (Lipinski definition) is 5. The standard InChI is InChI=1S/C14H15N5O3/c1-10-14(19(21)22)11(2)18(17-10)9-13(20)16-15-8-12-6-4-3-5-7-12/h3-8H,9H2,1-2H3,(H,16,20)/b15-8+. The second-order valence-electron chi connectivity index (χ2n) is 4.64. The number of carbonyl (C=O) groups excluding carboxylic acids is 1. The number of amides is 1. The van der Waals surface area contributed by atoms with E-state index in [0.717, 1.165) is 5.56 Å². The number of benzene rings is 1. The van der Waals surface area contributed by atoms with Crippen LogP contribution in [0, 0.1) is 24.0 Å². The quantitative estimate of drug-likeness (QED) is 0.514. The van der Waals surface area contributed by atoms with Gasteiger partial charge in [0.05, 0.1) is 11.1 Å². The van der Waals surface area contributed by atoms with Gasteiger partial charge in [0.25, 0.3) is 5.91 Å². The van der Waals surface area contributed by atoms with E-state index in [1.54, 1.807) is 6.92 Å². The molecular formula is C14H15N5O3. The molecule has 1 amide bonds. The highest BCUT2D eigenvalue weighted by molar-refractivity contribution is 5.82. The minimum absolute atomic E-state index is 0.0689. The lowest BCUT2D eigenvalue weighted by atomic mass is 10.2. The van der Waals surface area contributed by atoms with Gasteiger partial charge in [-0.1, -0.05) is 30.3 Å². The van der Waals surface area contributed by atoms with E-state index in [0.29, 0.717) is 5.69 Å². The zero-order valence-electron chi connectivity index (χ0n) is 12.2. The molecule has 1 N–H and O–H groups in total. The van der Waals surface area contributed by atoms with Crippen LogP contribution in [0.2, 0.25) is 0 Å². The fourth-order valence-electron chi connectivity index (χ4n) is 1.99. The van der Waals surface area contributed by atoms with E-state index in [9.17, 15) is 14.9 Å². The van der Waals surface area contributed by atoms with Crippen molar-refractivity contribution in [3.8, 4) is 0 Å². The number of aromatic nitrogens is 2. The van der Waals surface area contributed by atoms with Crippen molar-refractivity contribution in [2.45, 2.75) is 20.4 Å². The zero-order valence-corrected chi connectivity index (χ0v) is 12.2. The van der Waals surface area contributed by atoms with Gasteiger partial charge >= 0.3 is 5.69 Å². The summed E-state index contributed by atoms with van der Waals surface area (Å²) in [5, 5.41) is 18.7. The monoisotopic (exact) mass is 301 g/mol. The molecule has 0 aliphatic rings. The van der Waals surface area contributed by atoms with E-state index in [1.165, 1.54) is 17.8 Å². The highest BCUT2D eigenvalue weighted by atomic mass is 16.6. The molecule has 114 valence electrons. The molecule has 2 rings (SSSR count). The second kappa shape index (κ2) is 6.61. The molecule has 0 radical (unpaired) electrons. The fraction of sp³-hybridized carbons (Fsp3) is 0.214. The first-order valence-corrected chi connectivity index (χ1v) is 6.54. The number of hydrogen-bond donors (Lipinski definition) is 1. The highest BCUT2D eigenvalue weighted by Crippen LogP contribution is 2.21. The van der Waals surface area contributed by atoms with Crippen molar-refractivity contribution in [3.05, 3.63) is 57.4 Å². The summed E-state index contributed by atoms with van der Waals surface area (Å²) in [5.41, 5.74) is 3.77. The Morgan fingerprint density at radius 2 is 2.09 bits per heavy atom. The molecule has 2 aromatic rings. The van der Waals surface area contributed by atoms with Crippen LogP contribution in [-0.4, -0.2) is 26.8 Å². The Bertz CT molecular complexity index is 722. The lowest BCUT2D eigenvalue weighted by Gasteiger charge is -2.02. The van der Waals surface area contributed by atoms with Crippen LogP contribution in [0.1, 0.15) is 17.0 Å². The molecule has 0 saturated heterocycles. The van der Waals surface area contributed by atoms with E-state index in [4.69, 9.17) is 0 Å². The van der Waals surface area contributed by atoms with Crippen LogP contribution in [0.5, 0.6) is 0 Å². The van der Waals surface area contributed by atoms with Gasteiger partial charge < -0.3 is 0 Å². The van der Waals surface area contributed by atoms with E-state index in [-0.39, 0.29) is 17.9 Å². The first kappa shape index (κ1) is 15.4. The molecule has 0 fully saturated rings. The van der Waals surface area contributed by atoms with Crippen LogP contribution in [0.3, 0.4) is 0 Å². The Kier molecular flexibility index (Phi) is 4.62. The number of hydrazone groups is 1. The van der Waals surface area contributed by atoms with Crippen molar-refractivity contribution >= 4 is 17.8 Å². The normalized spacial score (nSPS) is 10.8. The predicted octanol–water partition coefficient (Wildman–Crippen LogP) is 1.56. The lowest BCUT2D eigenvalue weighted by Crippen LogP contribution is -2.24. The Morgan fingerprint density at radius 1 is 1.41 bits per heavy atom. The molecule has 0 bridgehead atoms. The summed E-state index contributed by atoms with van der Waals surface area (Å²) in [6.07, 6.45) is 1.52. The summed E-state index contributed by atoms with van der Waals surface area (Å²) in [7, 11) is 0. The summed E-state index contributed by atoms with van der Waals surface area (Å²) >= 11 is 0. The number of aryl methyl sites for hydroxylation is 1. The minimum atomic E-state index is -0.500. The van der Waals surface area contributed by atoms with Gasteiger partial charge in [0, 0.05) is 0 Å². The van der Waals surface area contributed by atoms with Crippen molar-refractivity contribution in [1.29, 1.82) is 0 Å². The predicted molar refractivity (Wildman–Crippen MR) is 80.5 cm³/mol. The van der Waals surface area contributed by atoms with Crippen LogP contribution in [0.15, 0.2) is 35.4 Å². The third kappa shape index (κ3) is 3.54. The molecule has 8 heteroatoms. The van der Waals surface area contributed by atoms with Crippen LogP contribution < -0.4 is 5.43 Å². The van der Waals surface area contributed by atoms with Gasteiger partial charge in [-0.25, -0.2) is 5.43 Å². The smallest absolute Gasteiger partial charge is 0.271 e. The van der Waals surface area contributed by atoms with Gasteiger partial charge in [0.1, 0.15) is 17.9 Å². The number of nitrogens with one attached hydrogen (secondary N) is 1. The molecule has 0 unspecified atom stereocenters. The Morgan fingerprint density at radius 3 is 2.68 bits per heavy atom. The van der Waals surface area contributed by atoms with E-state index >= 15 is 0 Å². The molecule has 0 aliphatic heterocycles. The van der Waals surface area contributed by atoms with Crippen molar-refractivity contribution in [1.82, 2.24) is 15.2 Å². The molecule has 0 atom stereocenters. The zero-order chi connectivity index (χ0) is 16.1.